The highest BCUT2D eigenvalue weighted by molar-refractivity contribution is 7.18. The van der Waals surface area contributed by atoms with Crippen molar-refractivity contribution in [3.63, 3.8) is 0 Å². The normalized spacial score (nSPS) is 12.3. The van der Waals surface area contributed by atoms with Crippen LogP contribution >= 0.6 is 11.3 Å². The summed E-state index contributed by atoms with van der Waals surface area (Å²) in [5.74, 6) is 0.954. The van der Waals surface area contributed by atoms with Gasteiger partial charge in [-0.25, -0.2) is 9.97 Å². The van der Waals surface area contributed by atoms with Crippen LogP contribution in [0.25, 0.3) is 10.2 Å². The summed E-state index contributed by atoms with van der Waals surface area (Å²) in [6.07, 6.45) is 1.64. The summed E-state index contributed by atoms with van der Waals surface area (Å²) in [7, 11) is 4.21. The number of fused-ring (bicyclic) bond motifs is 1. The number of nitrogens with one attached hydrogen (secondary N) is 1. The molecule has 0 unspecified atom stereocenters. The molecule has 0 saturated carbocycles. The minimum absolute atomic E-state index is 0.201. The van der Waals surface area contributed by atoms with Gasteiger partial charge < -0.3 is 10.2 Å². The third kappa shape index (κ3) is 3.42. The Morgan fingerprint density at radius 1 is 1.32 bits per heavy atom. The highest BCUT2D eigenvalue weighted by atomic mass is 32.1. The Balaban J connectivity index is 2.14. The topological polar surface area (TPSA) is 41.0 Å². The maximum Gasteiger partial charge on any atom is 0.147 e. The fourth-order valence-electron chi connectivity index (χ4n) is 2.33. The average Bonchev–Trinajstić information content (AvgIpc) is 2.68. The second-order valence-electron chi connectivity index (χ2n) is 6.07. The molecular weight excluding hydrogens is 256 g/mol. The lowest BCUT2D eigenvalue weighted by Crippen LogP contribution is -2.34. The molecule has 0 amide bonds. The van der Waals surface area contributed by atoms with Gasteiger partial charge in [-0.2, -0.15) is 0 Å². The van der Waals surface area contributed by atoms with E-state index >= 15 is 0 Å². The molecule has 0 aromatic carbocycles. The van der Waals surface area contributed by atoms with Crippen LogP contribution < -0.4 is 5.32 Å². The first kappa shape index (κ1) is 14.2. The summed E-state index contributed by atoms with van der Waals surface area (Å²) in [6.45, 7) is 8.55. The molecule has 5 heteroatoms. The van der Waals surface area contributed by atoms with Gasteiger partial charge in [0.2, 0.25) is 0 Å². The summed E-state index contributed by atoms with van der Waals surface area (Å²) in [4.78, 5) is 10.9. The Morgan fingerprint density at radius 3 is 2.74 bits per heavy atom. The van der Waals surface area contributed by atoms with E-state index in [4.69, 9.17) is 0 Å². The smallest absolute Gasteiger partial charge is 0.147 e. The SMILES string of the molecule is Cc1csc2c(NCC(C)(C)CN(C)C)ncnc12. The summed E-state index contributed by atoms with van der Waals surface area (Å²) >= 11 is 1.71. The van der Waals surface area contributed by atoms with Gasteiger partial charge in [0.15, 0.2) is 0 Å². The minimum atomic E-state index is 0.201. The van der Waals surface area contributed by atoms with E-state index < -0.39 is 0 Å². The van der Waals surface area contributed by atoms with Crippen LogP contribution in [0.3, 0.4) is 0 Å². The van der Waals surface area contributed by atoms with Crippen LogP contribution in [0.15, 0.2) is 11.7 Å². The van der Waals surface area contributed by atoms with Crippen molar-refractivity contribution >= 4 is 27.4 Å². The average molecular weight is 278 g/mol. The van der Waals surface area contributed by atoms with Gasteiger partial charge >= 0.3 is 0 Å². The van der Waals surface area contributed by atoms with Crippen molar-refractivity contribution in [2.75, 3.05) is 32.5 Å². The van der Waals surface area contributed by atoms with Crippen molar-refractivity contribution < 1.29 is 0 Å². The molecule has 1 N–H and O–H groups in total. The number of anilines is 1. The van der Waals surface area contributed by atoms with Gasteiger partial charge in [0.25, 0.3) is 0 Å². The molecule has 0 radical (unpaired) electrons. The second kappa shape index (κ2) is 5.43. The molecule has 0 bridgehead atoms. The molecular formula is C14H22N4S. The molecule has 2 aromatic rings. The molecule has 4 nitrogen and oxygen atoms in total. The quantitative estimate of drug-likeness (QED) is 0.913. The number of hydrogen-bond acceptors (Lipinski definition) is 5. The van der Waals surface area contributed by atoms with Crippen LogP contribution in [0, 0.1) is 12.3 Å². The first-order valence-electron chi connectivity index (χ1n) is 6.46. The van der Waals surface area contributed by atoms with Crippen molar-refractivity contribution in [2.24, 2.45) is 5.41 Å². The van der Waals surface area contributed by atoms with Crippen molar-refractivity contribution in [3.05, 3.63) is 17.3 Å². The molecule has 0 aliphatic rings. The largest absolute Gasteiger partial charge is 0.368 e. The fourth-order valence-corrected chi connectivity index (χ4v) is 3.30. The predicted octanol–water partition coefficient (Wildman–Crippen LogP) is 3.00. The molecule has 19 heavy (non-hydrogen) atoms. The molecule has 0 atom stereocenters. The number of hydrogen-bond donors (Lipinski definition) is 1. The molecule has 2 heterocycles. The number of aromatic nitrogens is 2. The van der Waals surface area contributed by atoms with Crippen LogP contribution in [0.5, 0.6) is 0 Å². The molecule has 0 aliphatic heterocycles. The van der Waals surface area contributed by atoms with Crippen molar-refractivity contribution in [3.8, 4) is 0 Å². The minimum Gasteiger partial charge on any atom is -0.368 e. The summed E-state index contributed by atoms with van der Waals surface area (Å²) in [5.41, 5.74) is 2.48. The maximum absolute atomic E-state index is 4.38. The third-order valence-electron chi connectivity index (χ3n) is 3.01. The van der Waals surface area contributed by atoms with E-state index in [0.29, 0.717) is 0 Å². The molecule has 2 rings (SSSR count). The van der Waals surface area contributed by atoms with Gasteiger partial charge in [0.05, 0.1) is 10.2 Å². The Bertz CT molecular complexity index is 560. The highest BCUT2D eigenvalue weighted by Crippen LogP contribution is 2.29. The van der Waals surface area contributed by atoms with E-state index in [9.17, 15) is 0 Å². The van der Waals surface area contributed by atoms with E-state index in [1.54, 1.807) is 17.7 Å². The van der Waals surface area contributed by atoms with E-state index in [2.05, 4.69) is 60.4 Å². The van der Waals surface area contributed by atoms with Crippen LogP contribution in [-0.4, -0.2) is 42.1 Å². The van der Waals surface area contributed by atoms with Gasteiger partial charge in [-0.3, -0.25) is 0 Å². The lowest BCUT2D eigenvalue weighted by Gasteiger charge is -2.28. The zero-order valence-electron chi connectivity index (χ0n) is 12.3. The Morgan fingerprint density at radius 2 is 2.05 bits per heavy atom. The van der Waals surface area contributed by atoms with Gasteiger partial charge in [-0.1, -0.05) is 13.8 Å². The van der Waals surface area contributed by atoms with Crippen LogP contribution in [0.2, 0.25) is 0 Å². The molecule has 104 valence electrons. The first-order valence-corrected chi connectivity index (χ1v) is 7.34. The molecule has 0 saturated heterocycles. The van der Waals surface area contributed by atoms with Gasteiger partial charge in [0.1, 0.15) is 12.1 Å². The highest BCUT2D eigenvalue weighted by Gasteiger charge is 2.19. The lowest BCUT2D eigenvalue weighted by atomic mass is 9.93. The van der Waals surface area contributed by atoms with Crippen LogP contribution in [0.4, 0.5) is 5.82 Å². The van der Waals surface area contributed by atoms with Crippen LogP contribution in [-0.2, 0) is 0 Å². The van der Waals surface area contributed by atoms with Crippen LogP contribution in [0.1, 0.15) is 19.4 Å². The van der Waals surface area contributed by atoms with Gasteiger partial charge in [-0.05, 0) is 37.4 Å². The zero-order valence-corrected chi connectivity index (χ0v) is 13.1. The van der Waals surface area contributed by atoms with Gasteiger partial charge in [0, 0.05) is 13.1 Å². The third-order valence-corrected chi connectivity index (χ3v) is 4.10. The van der Waals surface area contributed by atoms with E-state index in [1.165, 1.54) is 5.56 Å². The van der Waals surface area contributed by atoms with Crippen molar-refractivity contribution in [1.29, 1.82) is 0 Å². The Kier molecular flexibility index (Phi) is 4.06. The predicted molar refractivity (Wildman–Crippen MR) is 83.0 cm³/mol. The summed E-state index contributed by atoms with van der Waals surface area (Å²) in [5, 5.41) is 5.61. The first-order chi connectivity index (χ1) is 8.89. The maximum atomic E-state index is 4.38. The number of rotatable bonds is 5. The molecule has 0 spiro atoms. The molecule has 0 aliphatic carbocycles. The van der Waals surface area contributed by atoms with E-state index in [1.807, 2.05) is 0 Å². The van der Waals surface area contributed by atoms with E-state index in [0.717, 1.165) is 29.1 Å². The fraction of sp³-hybridized carbons (Fsp3) is 0.571. The molecule has 2 aromatic heterocycles. The monoisotopic (exact) mass is 278 g/mol. The molecule has 0 fully saturated rings. The van der Waals surface area contributed by atoms with Crippen molar-refractivity contribution in [1.82, 2.24) is 14.9 Å². The number of nitrogens with zero attached hydrogens (tertiary/aromatic N) is 3. The zero-order chi connectivity index (χ0) is 14.0. The Hall–Kier alpha value is -1.20. The summed E-state index contributed by atoms with van der Waals surface area (Å²) in [6, 6.07) is 0. The lowest BCUT2D eigenvalue weighted by molar-refractivity contribution is 0.254. The van der Waals surface area contributed by atoms with Crippen molar-refractivity contribution in [2.45, 2.75) is 20.8 Å². The standard InChI is InChI=1S/C14H22N4S/c1-10-6-19-12-11(10)16-9-17-13(12)15-7-14(2,3)8-18(4)5/h6,9H,7-8H2,1-5H3,(H,15,16,17). The second-order valence-corrected chi connectivity index (χ2v) is 6.95. The number of thiophene rings is 1. The van der Waals surface area contributed by atoms with Gasteiger partial charge in [-0.15, -0.1) is 11.3 Å². The summed E-state index contributed by atoms with van der Waals surface area (Å²) < 4.78 is 1.15. The Labute approximate surface area is 118 Å². The number of aryl methyl sites for hydroxylation is 1. The van der Waals surface area contributed by atoms with E-state index in [-0.39, 0.29) is 5.41 Å².